The Morgan fingerprint density at radius 1 is 1.70 bits per heavy atom. The monoisotopic (exact) mass is 137 g/mol. The van der Waals surface area contributed by atoms with Crippen molar-refractivity contribution in [2.45, 2.75) is 0 Å². The minimum Gasteiger partial charge on any atom is -0.513 e. The van der Waals surface area contributed by atoms with Crippen LogP contribution in [0.2, 0.25) is 0 Å². The molecule has 0 atom stereocenters. The summed E-state index contributed by atoms with van der Waals surface area (Å²) in [6.07, 6.45) is 3.73. The van der Waals surface area contributed by atoms with Crippen LogP contribution in [0.15, 0.2) is 24.9 Å². The summed E-state index contributed by atoms with van der Waals surface area (Å²) in [6.45, 7) is 0. The molecule has 0 aromatic carbocycles. The van der Waals surface area contributed by atoms with Gasteiger partial charge in [0.15, 0.2) is 0 Å². The molecule has 0 radical (unpaired) electrons. The highest BCUT2D eigenvalue weighted by Gasteiger charge is 1.93. The number of aliphatic hydroxyl groups excluding tert-OH is 1. The molecule has 0 fully saturated rings. The van der Waals surface area contributed by atoms with Crippen LogP contribution in [-0.2, 0) is 0 Å². The summed E-state index contributed by atoms with van der Waals surface area (Å²) >= 11 is 0. The Morgan fingerprint density at radius 3 is 3.00 bits per heavy atom. The van der Waals surface area contributed by atoms with Crippen molar-refractivity contribution in [2.24, 2.45) is 5.73 Å². The van der Waals surface area contributed by atoms with Crippen molar-refractivity contribution in [3.8, 4) is 0 Å². The van der Waals surface area contributed by atoms with Crippen molar-refractivity contribution < 1.29 is 5.11 Å². The molecule has 4 heteroatoms. The Balaban J connectivity index is 2.96. The number of rotatable bonds is 1. The summed E-state index contributed by atoms with van der Waals surface area (Å²) in [5.74, 6) is 0. The van der Waals surface area contributed by atoms with E-state index in [2.05, 4.69) is 9.97 Å². The van der Waals surface area contributed by atoms with Gasteiger partial charge in [0.2, 0.25) is 0 Å². The third kappa shape index (κ3) is 1.22. The number of nitrogens with zero attached hydrogens (tertiary/aromatic N) is 2. The van der Waals surface area contributed by atoms with Crippen molar-refractivity contribution in [3.63, 3.8) is 0 Å². The molecule has 0 bridgehead atoms. The molecule has 0 amide bonds. The summed E-state index contributed by atoms with van der Waals surface area (Å²) in [7, 11) is 0. The number of aliphatic hydroxyl groups is 1. The molecule has 0 aliphatic heterocycles. The summed E-state index contributed by atoms with van der Waals surface area (Å²) in [5, 5.41) is 8.44. The van der Waals surface area contributed by atoms with Gasteiger partial charge in [-0.2, -0.15) is 0 Å². The van der Waals surface area contributed by atoms with Crippen molar-refractivity contribution in [1.82, 2.24) is 9.97 Å². The molecule has 52 valence electrons. The Labute approximate surface area is 58.0 Å². The minimum absolute atomic E-state index is 0.238. The lowest BCUT2D eigenvalue weighted by atomic mass is 10.3. The van der Waals surface area contributed by atoms with Crippen LogP contribution in [0, 0.1) is 0 Å². The fraction of sp³-hybridized carbons (Fsp3) is 0. The van der Waals surface area contributed by atoms with Gasteiger partial charge >= 0.3 is 0 Å². The molecule has 4 nitrogen and oxygen atoms in total. The first kappa shape index (κ1) is 6.54. The topological polar surface area (TPSA) is 72.0 Å². The van der Waals surface area contributed by atoms with E-state index in [1.807, 2.05) is 0 Å². The van der Waals surface area contributed by atoms with Gasteiger partial charge in [-0.1, -0.05) is 0 Å². The molecule has 0 saturated carbocycles. The standard InChI is InChI=1S/C6H7N3O/c7-5(3-10)6-1-2-8-4-9-6/h1-4,10H,7H2/b5-3-. The highest BCUT2D eigenvalue weighted by atomic mass is 16.2. The molecular weight excluding hydrogens is 130 g/mol. The summed E-state index contributed by atoms with van der Waals surface area (Å²) in [5.41, 5.74) is 6.08. The first-order valence-corrected chi connectivity index (χ1v) is 2.71. The molecule has 1 heterocycles. The van der Waals surface area contributed by atoms with E-state index in [4.69, 9.17) is 10.8 Å². The van der Waals surface area contributed by atoms with E-state index in [1.165, 1.54) is 6.33 Å². The third-order valence-corrected chi connectivity index (χ3v) is 1.02. The molecule has 10 heavy (non-hydrogen) atoms. The fourth-order valence-electron chi connectivity index (χ4n) is 0.528. The van der Waals surface area contributed by atoms with Crippen LogP contribution in [0.5, 0.6) is 0 Å². The second-order valence-electron chi connectivity index (χ2n) is 1.68. The van der Waals surface area contributed by atoms with Crippen LogP contribution in [0.25, 0.3) is 5.70 Å². The lowest BCUT2D eigenvalue weighted by Gasteiger charge is -1.94. The van der Waals surface area contributed by atoms with E-state index >= 15 is 0 Å². The van der Waals surface area contributed by atoms with E-state index in [0.29, 0.717) is 5.69 Å². The van der Waals surface area contributed by atoms with Gasteiger partial charge < -0.3 is 10.8 Å². The Hall–Kier alpha value is -1.58. The zero-order valence-corrected chi connectivity index (χ0v) is 5.23. The molecule has 0 saturated heterocycles. The summed E-state index contributed by atoms with van der Waals surface area (Å²) < 4.78 is 0. The maximum absolute atomic E-state index is 8.44. The van der Waals surface area contributed by atoms with Gasteiger partial charge in [-0.15, -0.1) is 0 Å². The summed E-state index contributed by atoms with van der Waals surface area (Å²) in [6, 6.07) is 1.61. The van der Waals surface area contributed by atoms with Crippen molar-refractivity contribution >= 4 is 5.70 Å². The minimum atomic E-state index is 0.238. The van der Waals surface area contributed by atoms with Crippen LogP contribution in [0.4, 0.5) is 0 Å². The smallest absolute Gasteiger partial charge is 0.116 e. The van der Waals surface area contributed by atoms with Gasteiger partial charge in [-0.3, -0.25) is 0 Å². The van der Waals surface area contributed by atoms with Crippen molar-refractivity contribution in [1.29, 1.82) is 0 Å². The van der Waals surface area contributed by atoms with E-state index in [9.17, 15) is 0 Å². The molecule has 3 N–H and O–H groups in total. The second kappa shape index (κ2) is 2.82. The van der Waals surface area contributed by atoms with E-state index in [0.717, 1.165) is 6.26 Å². The Kier molecular flexibility index (Phi) is 1.84. The van der Waals surface area contributed by atoms with Crippen LogP contribution in [-0.4, -0.2) is 15.1 Å². The molecule has 0 spiro atoms. The SMILES string of the molecule is N/C(=C\O)c1ccncn1. The van der Waals surface area contributed by atoms with Gasteiger partial charge in [0.25, 0.3) is 0 Å². The predicted octanol–water partition coefficient (Wildman–Crippen LogP) is 0.292. The van der Waals surface area contributed by atoms with Crippen LogP contribution in [0.3, 0.4) is 0 Å². The Morgan fingerprint density at radius 2 is 2.50 bits per heavy atom. The van der Waals surface area contributed by atoms with Crippen LogP contribution in [0.1, 0.15) is 5.69 Å². The Bertz CT molecular complexity index is 232. The fourth-order valence-corrected chi connectivity index (χ4v) is 0.528. The zero-order chi connectivity index (χ0) is 7.40. The third-order valence-electron chi connectivity index (χ3n) is 1.02. The molecule has 1 rings (SSSR count). The first-order valence-electron chi connectivity index (χ1n) is 2.71. The van der Waals surface area contributed by atoms with Gasteiger partial charge in [0, 0.05) is 6.20 Å². The number of aromatic nitrogens is 2. The van der Waals surface area contributed by atoms with Gasteiger partial charge in [0.1, 0.15) is 12.6 Å². The largest absolute Gasteiger partial charge is 0.513 e. The first-order chi connectivity index (χ1) is 4.84. The van der Waals surface area contributed by atoms with Gasteiger partial charge in [-0.05, 0) is 6.07 Å². The quantitative estimate of drug-likeness (QED) is 0.546. The van der Waals surface area contributed by atoms with Gasteiger partial charge in [0.05, 0.1) is 11.4 Å². The number of hydrogen-bond acceptors (Lipinski definition) is 4. The van der Waals surface area contributed by atoms with Crippen molar-refractivity contribution in [2.75, 3.05) is 0 Å². The van der Waals surface area contributed by atoms with Crippen LogP contribution >= 0.6 is 0 Å². The number of nitrogens with two attached hydrogens (primary N) is 1. The molecule has 0 aliphatic carbocycles. The summed E-state index contributed by atoms with van der Waals surface area (Å²) in [4.78, 5) is 7.47. The number of hydrogen-bond donors (Lipinski definition) is 2. The average Bonchev–Trinajstić information content (AvgIpc) is 2.05. The molecule has 1 aromatic heterocycles. The van der Waals surface area contributed by atoms with E-state index in [-0.39, 0.29) is 5.70 Å². The zero-order valence-electron chi connectivity index (χ0n) is 5.23. The molecule has 0 unspecified atom stereocenters. The highest BCUT2D eigenvalue weighted by Crippen LogP contribution is 1.99. The van der Waals surface area contributed by atoms with Gasteiger partial charge in [-0.25, -0.2) is 9.97 Å². The molecule has 0 aliphatic rings. The molecular formula is C6H7N3O. The maximum Gasteiger partial charge on any atom is 0.116 e. The lowest BCUT2D eigenvalue weighted by molar-refractivity contribution is 0.475. The maximum atomic E-state index is 8.44. The predicted molar refractivity (Wildman–Crippen MR) is 36.8 cm³/mol. The lowest BCUT2D eigenvalue weighted by Crippen LogP contribution is -1.98. The van der Waals surface area contributed by atoms with Crippen molar-refractivity contribution in [3.05, 3.63) is 30.5 Å². The second-order valence-corrected chi connectivity index (χ2v) is 1.68. The molecule has 1 aromatic rings. The van der Waals surface area contributed by atoms with E-state index < -0.39 is 0 Å². The normalized spacial score (nSPS) is 11.4. The average molecular weight is 137 g/mol. The van der Waals surface area contributed by atoms with Crippen LogP contribution < -0.4 is 5.73 Å². The highest BCUT2D eigenvalue weighted by molar-refractivity contribution is 5.56. The van der Waals surface area contributed by atoms with E-state index in [1.54, 1.807) is 12.3 Å².